The Morgan fingerprint density at radius 2 is 1.59 bits per heavy atom. The molecule has 0 bridgehead atoms. The van der Waals surface area contributed by atoms with Crippen molar-refractivity contribution in [1.82, 2.24) is 0 Å². The van der Waals surface area contributed by atoms with E-state index in [9.17, 15) is 0 Å². The molecule has 0 saturated carbocycles. The van der Waals surface area contributed by atoms with Crippen LogP contribution in [-0.4, -0.2) is 0 Å². The monoisotopic (exact) mass is 218 g/mol. The minimum Gasteiger partial charge on any atom is -0.187 e. The Morgan fingerprint density at radius 3 is 2.59 bits per heavy atom. The second-order valence-corrected chi connectivity index (χ2v) is 4.52. The lowest BCUT2D eigenvalue weighted by molar-refractivity contribution is -0.645. The highest BCUT2D eigenvalue weighted by molar-refractivity contribution is 5.78. The van der Waals surface area contributed by atoms with Crippen molar-refractivity contribution < 1.29 is 4.57 Å². The van der Waals surface area contributed by atoms with E-state index >= 15 is 0 Å². The van der Waals surface area contributed by atoms with E-state index in [1.165, 1.54) is 27.7 Å². The number of hydrogen-bond acceptors (Lipinski definition) is 0. The van der Waals surface area contributed by atoms with Crippen LogP contribution in [0.2, 0.25) is 0 Å². The van der Waals surface area contributed by atoms with Gasteiger partial charge in [0, 0.05) is 23.1 Å². The van der Waals surface area contributed by atoms with Crippen LogP contribution < -0.4 is 4.57 Å². The van der Waals surface area contributed by atoms with Crippen LogP contribution in [0.3, 0.4) is 0 Å². The van der Waals surface area contributed by atoms with Crippen LogP contribution in [0.4, 0.5) is 0 Å². The van der Waals surface area contributed by atoms with Crippen molar-refractivity contribution in [3.05, 3.63) is 66.2 Å². The highest BCUT2D eigenvalue weighted by atomic mass is 15.0. The largest absolute Gasteiger partial charge is 0.213 e. The lowest BCUT2D eigenvalue weighted by atomic mass is 10.1. The second-order valence-electron chi connectivity index (χ2n) is 4.52. The fraction of sp³-hybridized carbons (Fsp3) is 0.0625. The summed E-state index contributed by atoms with van der Waals surface area (Å²) in [6.45, 7) is 0.993. The summed E-state index contributed by atoms with van der Waals surface area (Å²) in [6, 6.07) is 21.7. The van der Waals surface area contributed by atoms with Crippen molar-refractivity contribution in [2.24, 2.45) is 0 Å². The third-order valence-corrected chi connectivity index (χ3v) is 3.56. The quantitative estimate of drug-likeness (QED) is 0.399. The molecule has 1 aromatic heterocycles. The molecule has 3 aromatic rings. The highest BCUT2D eigenvalue weighted by Gasteiger charge is 2.26. The first-order valence-corrected chi connectivity index (χ1v) is 5.93. The topological polar surface area (TPSA) is 3.88 Å². The van der Waals surface area contributed by atoms with Crippen molar-refractivity contribution in [3.63, 3.8) is 0 Å². The van der Waals surface area contributed by atoms with E-state index in [0.29, 0.717) is 0 Å². The van der Waals surface area contributed by atoms with E-state index < -0.39 is 0 Å². The third kappa shape index (κ3) is 1.17. The Balaban J connectivity index is 2.11. The number of benzene rings is 2. The zero-order valence-corrected chi connectivity index (χ0v) is 9.43. The van der Waals surface area contributed by atoms with Crippen LogP contribution in [0.5, 0.6) is 0 Å². The number of hydrogen-bond donors (Lipinski definition) is 0. The van der Waals surface area contributed by atoms with Crippen LogP contribution in [0.1, 0.15) is 5.56 Å². The predicted octanol–water partition coefficient (Wildman–Crippen LogP) is 3.16. The van der Waals surface area contributed by atoms with Crippen molar-refractivity contribution in [1.29, 1.82) is 0 Å². The zero-order valence-electron chi connectivity index (χ0n) is 9.43. The number of fused-ring (bicyclic) bond motifs is 5. The molecule has 1 heteroatoms. The van der Waals surface area contributed by atoms with Crippen LogP contribution >= 0.6 is 0 Å². The predicted molar refractivity (Wildman–Crippen MR) is 68.7 cm³/mol. The van der Waals surface area contributed by atoms with Crippen LogP contribution in [-0.2, 0) is 6.54 Å². The summed E-state index contributed by atoms with van der Waals surface area (Å²) in [5.41, 5.74) is 5.45. The molecule has 4 rings (SSSR count). The average molecular weight is 218 g/mol. The molecule has 0 atom stereocenters. The molecule has 17 heavy (non-hydrogen) atoms. The number of rotatable bonds is 0. The van der Waals surface area contributed by atoms with Gasteiger partial charge >= 0.3 is 0 Å². The molecule has 0 amide bonds. The van der Waals surface area contributed by atoms with Gasteiger partial charge in [0.15, 0.2) is 6.54 Å². The lowest BCUT2D eigenvalue weighted by Gasteiger charge is -1.98. The Morgan fingerprint density at radius 1 is 0.765 bits per heavy atom. The maximum absolute atomic E-state index is 2.40. The SMILES string of the molecule is c1ccc2c(c1)C[n+]1c-2ccc2ccccc21. The molecule has 2 aromatic carbocycles. The van der Waals surface area contributed by atoms with Gasteiger partial charge in [-0.15, -0.1) is 0 Å². The zero-order chi connectivity index (χ0) is 11.2. The Hall–Kier alpha value is -2.15. The van der Waals surface area contributed by atoms with E-state index in [0.717, 1.165) is 6.54 Å². The first kappa shape index (κ1) is 8.94. The van der Waals surface area contributed by atoms with E-state index in [4.69, 9.17) is 0 Å². The van der Waals surface area contributed by atoms with Crippen molar-refractivity contribution in [3.8, 4) is 11.3 Å². The summed E-state index contributed by atoms with van der Waals surface area (Å²) in [5, 5.41) is 1.31. The lowest BCUT2D eigenvalue weighted by Crippen LogP contribution is -2.33. The smallest absolute Gasteiger partial charge is 0.187 e. The first-order valence-electron chi connectivity index (χ1n) is 5.93. The normalized spacial score (nSPS) is 12.5. The molecule has 80 valence electrons. The van der Waals surface area contributed by atoms with Gasteiger partial charge in [0.2, 0.25) is 11.2 Å². The summed E-state index contributed by atoms with van der Waals surface area (Å²) in [4.78, 5) is 0. The first-order chi connectivity index (χ1) is 8.43. The van der Waals surface area contributed by atoms with E-state index in [2.05, 4.69) is 65.2 Å². The third-order valence-electron chi connectivity index (χ3n) is 3.56. The molecule has 1 nitrogen and oxygen atoms in total. The molecule has 1 aliphatic rings. The fourth-order valence-corrected chi connectivity index (χ4v) is 2.75. The van der Waals surface area contributed by atoms with Gasteiger partial charge in [-0.2, -0.15) is 4.57 Å². The maximum Gasteiger partial charge on any atom is 0.213 e. The summed E-state index contributed by atoms with van der Waals surface area (Å²) in [7, 11) is 0. The van der Waals surface area contributed by atoms with Gasteiger partial charge in [-0.25, -0.2) is 0 Å². The fourth-order valence-electron chi connectivity index (χ4n) is 2.75. The molecule has 0 radical (unpaired) electrons. The Kier molecular flexibility index (Phi) is 1.67. The van der Waals surface area contributed by atoms with E-state index in [1.807, 2.05) is 0 Å². The summed E-state index contributed by atoms with van der Waals surface area (Å²) in [6.07, 6.45) is 0. The van der Waals surface area contributed by atoms with E-state index in [-0.39, 0.29) is 0 Å². The molecule has 0 aliphatic carbocycles. The van der Waals surface area contributed by atoms with Crippen molar-refractivity contribution in [2.45, 2.75) is 6.54 Å². The van der Waals surface area contributed by atoms with Crippen LogP contribution in [0.25, 0.3) is 22.2 Å². The summed E-state index contributed by atoms with van der Waals surface area (Å²) >= 11 is 0. The molecule has 2 heterocycles. The van der Waals surface area contributed by atoms with Gasteiger partial charge in [-0.1, -0.05) is 30.3 Å². The molecule has 1 aliphatic heterocycles. The molecule has 0 unspecified atom stereocenters. The number of nitrogens with zero attached hydrogens (tertiary/aromatic N) is 1. The van der Waals surface area contributed by atoms with Gasteiger partial charge < -0.3 is 0 Å². The molecule has 0 fully saturated rings. The van der Waals surface area contributed by atoms with Gasteiger partial charge in [0.05, 0.1) is 5.56 Å². The van der Waals surface area contributed by atoms with Crippen molar-refractivity contribution >= 4 is 10.9 Å². The highest BCUT2D eigenvalue weighted by Crippen LogP contribution is 2.28. The molecule has 0 N–H and O–H groups in total. The van der Waals surface area contributed by atoms with E-state index in [1.54, 1.807) is 0 Å². The minimum absolute atomic E-state index is 0.993. The molecule has 0 saturated heterocycles. The average Bonchev–Trinajstić information content (AvgIpc) is 2.78. The number of aromatic nitrogens is 1. The number of pyridine rings is 1. The Labute approximate surface area is 100.0 Å². The minimum atomic E-state index is 0.993. The van der Waals surface area contributed by atoms with Crippen LogP contribution in [0.15, 0.2) is 60.7 Å². The van der Waals surface area contributed by atoms with Gasteiger partial charge in [0.1, 0.15) is 0 Å². The summed E-state index contributed by atoms with van der Waals surface area (Å²) < 4.78 is 2.40. The molecular formula is C16H12N+. The summed E-state index contributed by atoms with van der Waals surface area (Å²) in [5.74, 6) is 0. The maximum atomic E-state index is 2.40. The standard InChI is InChI=1S/C16H12N/c1-3-7-14-13(6-1)11-17-15-8-4-2-5-12(15)9-10-16(14)17/h1-10H,11H2/q+1. The Bertz CT molecular complexity index is 728. The van der Waals surface area contributed by atoms with Gasteiger partial charge in [-0.05, 0) is 18.2 Å². The van der Waals surface area contributed by atoms with Crippen LogP contribution in [0, 0.1) is 0 Å². The van der Waals surface area contributed by atoms with Gasteiger partial charge in [0.25, 0.3) is 0 Å². The van der Waals surface area contributed by atoms with Gasteiger partial charge in [-0.3, -0.25) is 0 Å². The molecule has 0 spiro atoms. The second kappa shape index (κ2) is 3.17. The molecular weight excluding hydrogens is 206 g/mol. The van der Waals surface area contributed by atoms with Crippen molar-refractivity contribution in [2.75, 3.05) is 0 Å². The number of para-hydroxylation sites is 1.